The summed E-state index contributed by atoms with van der Waals surface area (Å²) in [5, 5.41) is 22.5. The Bertz CT molecular complexity index is 366. The zero-order chi connectivity index (χ0) is 11.0. The number of hydrogen-bond donors (Lipinski definition) is 2. The number of aryl methyl sites for hydroxylation is 1. The lowest BCUT2D eigenvalue weighted by Gasteiger charge is -2.14. The number of nitrogens with zero attached hydrogens (tertiary/aromatic N) is 3. The molecule has 6 heteroatoms. The number of rotatable bonds is 1. The van der Waals surface area contributed by atoms with Crippen LogP contribution in [0.4, 0.5) is 0 Å². The highest BCUT2D eigenvalue weighted by Gasteiger charge is 2.33. The molecular formula is C9H13N3O3. The summed E-state index contributed by atoms with van der Waals surface area (Å²) < 4.78 is 1.47. The van der Waals surface area contributed by atoms with Gasteiger partial charge in [0.05, 0.1) is 12.2 Å². The van der Waals surface area contributed by atoms with Gasteiger partial charge in [-0.15, -0.1) is 0 Å². The molecule has 0 bridgehead atoms. The third kappa shape index (κ3) is 1.73. The second-order valence-corrected chi connectivity index (χ2v) is 3.68. The SMILES string of the molecule is Cn1nccc1C(=O)N1C[C@@H](O)[C@@H](O)C1. The van der Waals surface area contributed by atoms with Crippen molar-refractivity contribution in [1.29, 1.82) is 0 Å². The zero-order valence-electron chi connectivity index (χ0n) is 8.37. The van der Waals surface area contributed by atoms with Gasteiger partial charge >= 0.3 is 0 Å². The molecule has 0 unspecified atom stereocenters. The number of hydrogen-bond acceptors (Lipinski definition) is 4. The number of carbonyl (C=O) groups excluding carboxylic acids is 1. The van der Waals surface area contributed by atoms with E-state index in [1.165, 1.54) is 15.8 Å². The van der Waals surface area contributed by atoms with Gasteiger partial charge < -0.3 is 15.1 Å². The number of aliphatic hydroxyl groups excluding tert-OH is 2. The number of carbonyl (C=O) groups is 1. The quantitative estimate of drug-likeness (QED) is 0.598. The minimum Gasteiger partial charge on any atom is -0.388 e. The van der Waals surface area contributed by atoms with Crippen LogP contribution in [0.15, 0.2) is 12.3 Å². The van der Waals surface area contributed by atoms with Gasteiger partial charge in [0, 0.05) is 26.3 Å². The second kappa shape index (κ2) is 3.63. The first-order chi connectivity index (χ1) is 7.09. The lowest BCUT2D eigenvalue weighted by molar-refractivity contribution is 0.0572. The van der Waals surface area contributed by atoms with Crippen molar-refractivity contribution in [3.05, 3.63) is 18.0 Å². The van der Waals surface area contributed by atoms with Gasteiger partial charge in [-0.05, 0) is 6.07 Å². The monoisotopic (exact) mass is 211 g/mol. The van der Waals surface area contributed by atoms with E-state index in [-0.39, 0.29) is 19.0 Å². The first-order valence-corrected chi connectivity index (χ1v) is 4.73. The molecule has 1 aliphatic rings. The van der Waals surface area contributed by atoms with Crippen molar-refractivity contribution in [2.75, 3.05) is 13.1 Å². The van der Waals surface area contributed by atoms with Crippen molar-refractivity contribution in [1.82, 2.24) is 14.7 Å². The summed E-state index contributed by atoms with van der Waals surface area (Å²) in [4.78, 5) is 13.3. The maximum absolute atomic E-state index is 11.9. The fourth-order valence-corrected chi connectivity index (χ4v) is 1.68. The van der Waals surface area contributed by atoms with E-state index in [2.05, 4.69) is 5.10 Å². The maximum atomic E-state index is 11.9. The lowest BCUT2D eigenvalue weighted by Crippen LogP contribution is -2.31. The van der Waals surface area contributed by atoms with E-state index >= 15 is 0 Å². The highest BCUT2D eigenvalue weighted by Crippen LogP contribution is 2.13. The van der Waals surface area contributed by atoms with E-state index in [0.29, 0.717) is 5.69 Å². The van der Waals surface area contributed by atoms with Crippen molar-refractivity contribution < 1.29 is 15.0 Å². The number of aromatic nitrogens is 2. The standard InChI is InChI=1S/C9H13N3O3/c1-11-6(2-3-10-11)9(15)12-4-7(13)8(14)5-12/h2-3,7-8,13-14H,4-5H2,1H3/t7-,8+. The molecule has 0 radical (unpaired) electrons. The third-order valence-corrected chi connectivity index (χ3v) is 2.59. The predicted octanol–water partition coefficient (Wildman–Crippen LogP) is -1.40. The van der Waals surface area contributed by atoms with Crippen LogP contribution in [0, 0.1) is 0 Å². The fraction of sp³-hybridized carbons (Fsp3) is 0.556. The van der Waals surface area contributed by atoms with Gasteiger partial charge in [-0.3, -0.25) is 9.48 Å². The lowest BCUT2D eigenvalue weighted by atomic mass is 10.3. The molecule has 2 heterocycles. The molecule has 1 aromatic rings. The molecule has 0 aromatic carbocycles. The summed E-state index contributed by atoms with van der Waals surface area (Å²) in [6.07, 6.45) is -0.153. The first kappa shape index (κ1) is 10.1. The van der Waals surface area contributed by atoms with Crippen LogP contribution in [0.5, 0.6) is 0 Å². The van der Waals surface area contributed by atoms with E-state index in [4.69, 9.17) is 0 Å². The maximum Gasteiger partial charge on any atom is 0.272 e. The molecule has 15 heavy (non-hydrogen) atoms. The Morgan fingerprint density at radius 2 is 2.07 bits per heavy atom. The molecule has 1 amide bonds. The third-order valence-electron chi connectivity index (χ3n) is 2.59. The smallest absolute Gasteiger partial charge is 0.272 e. The molecule has 1 aromatic heterocycles. The second-order valence-electron chi connectivity index (χ2n) is 3.68. The Labute approximate surface area is 86.7 Å². The largest absolute Gasteiger partial charge is 0.388 e. The topological polar surface area (TPSA) is 78.6 Å². The zero-order valence-corrected chi connectivity index (χ0v) is 8.37. The summed E-state index contributed by atoms with van der Waals surface area (Å²) in [5.74, 6) is -0.217. The number of likely N-dealkylation sites (tertiary alicyclic amines) is 1. The molecule has 0 aliphatic carbocycles. The van der Waals surface area contributed by atoms with Crippen molar-refractivity contribution in [2.24, 2.45) is 7.05 Å². The van der Waals surface area contributed by atoms with Crippen LogP contribution in [-0.4, -0.2) is 56.1 Å². The molecule has 1 fully saturated rings. The minimum absolute atomic E-state index is 0.172. The van der Waals surface area contributed by atoms with Gasteiger partial charge in [-0.25, -0.2) is 0 Å². The van der Waals surface area contributed by atoms with Crippen LogP contribution in [0.25, 0.3) is 0 Å². The summed E-state index contributed by atoms with van der Waals surface area (Å²) in [7, 11) is 1.68. The minimum atomic E-state index is -0.845. The van der Waals surface area contributed by atoms with Crippen molar-refractivity contribution in [2.45, 2.75) is 12.2 Å². The van der Waals surface area contributed by atoms with Gasteiger partial charge in [0.25, 0.3) is 5.91 Å². The Balaban J connectivity index is 2.13. The van der Waals surface area contributed by atoms with Crippen molar-refractivity contribution in [3.8, 4) is 0 Å². The molecule has 1 aliphatic heterocycles. The van der Waals surface area contributed by atoms with Gasteiger partial charge in [0.1, 0.15) is 5.69 Å². The molecule has 2 rings (SSSR count). The molecule has 0 saturated carbocycles. The molecule has 2 atom stereocenters. The Hall–Kier alpha value is -1.40. The van der Waals surface area contributed by atoms with Gasteiger partial charge in [0.15, 0.2) is 0 Å². The number of aliphatic hydroxyl groups is 2. The normalized spacial score (nSPS) is 25.9. The Kier molecular flexibility index (Phi) is 2.45. The molecular weight excluding hydrogens is 198 g/mol. The van der Waals surface area contributed by atoms with E-state index in [0.717, 1.165) is 0 Å². The van der Waals surface area contributed by atoms with Crippen molar-refractivity contribution in [3.63, 3.8) is 0 Å². The highest BCUT2D eigenvalue weighted by atomic mass is 16.3. The van der Waals surface area contributed by atoms with Gasteiger partial charge in [-0.1, -0.05) is 0 Å². The van der Waals surface area contributed by atoms with Crippen LogP contribution in [0.3, 0.4) is 0 Å². The highest BCUT2D eigenvalue weighted by molar-refractivity contribution is 5.92. The Morgan fingerprint density at radius 1 is 1.47 bits per heavy atom. The predicted molar refractivity (Wildman–Crippen MR) is 51.1 cm³/mol. The molecule has 2 N–H and O–H groups in total. The summed E-state index contributed by atoms with van der Waals surface area (Å²) >= 11 is 0. The molecule has 1 saturated heterocycles. The Morgan fingerprint density at radius 3 is 2.53 bits per heavy atom. The van der Waals surface area contributed by atoms with Gasteiger partial charge in [0.2, 0.25) is 0 Å². The molecule has 82 valence electrons. The van der Waals surface area contributed by atoms with E-state index in [9.17, 15) is 15.0 Å². The summed E-state index contributed by atoms with van der Waals surface area (Å²) in [6, 6.07) is 1.61. The number of β-amino-alcohol motifs (C(OH)–C–C–N with tert-alkyl or cyclic N) is 2. The van der Waals surface area contributed by atoms with E-state index in [1.54, 1.807) is 13.1 Å². The molecule has 6 nitrogen and oxygen atoms in total. The summed E-state index contributed by atoms with van der Waals surface area (Å²) in [5.41, 5.74) is 0.455. The average molecular weight is 211 g/mol. The van der Waals surface area contributed by atoms with Crippen LogP contribution in [-0.2, 0) is 7.05 Å². The van der Waals surface area contributed by atoms with Crippen LogP contribution < -0.4 is 0 Å². The van der Waals surface area contributed by atoms with Crippen molar-refractivity contribution >= 4 is 5.91 Å². The summed E-state index contributed by atoms with van der Waals surface area (Å²) in [6.45, 7) is 0.344. The fourth-order valence-electron chi connectivity index (χ4n) is 1.68. The van der Waals surface area contributed by atoms with Gasteiger partial charge in [-0.2, -0.15) is 5.10 Å². The van der Waals surface area contributed by atoms with Crippen LogP contribution in [0.2, 0.25) is 0 Å². The van der Waals surface area contributed by atoms with Crippen LogP contribution in [0.1, 0.15) is 10.5 Å². The van der Waals surface area contributed by atoms with E-state index in [1.807, 2.05) is 0 Å². The van der Waals surface area contributed by atoms with Crippen LogP contribution >= 0.6 is 0 Å². The number of amides is 1. The average Bonchev–Trinajstić information content (AvgIpc) is 2.74. The molecule has 0 spiro atoms. The first-order valence-electron chi connectivity index (χ1n) is 4.73. The van der Waals surface area contributed by atoms with E-state index < -0.39 is 12.2 Å².